The molecule has 0 saturated carbocycles. The lowest BCUT2D eigenvalue weighted by Gasteiger charge is -2.26. The highest BCUT2D eigenvalue weighted by molar-refractivity contribution is 5.75. The first-order chi connectivity index (χ1) is 7.60. The maximum Gasteiger partial charge on any atom is 0.325 e. The molecular weight excluding hydrogens is 206 g/mol. The number of aliphatic carboxylic acids is 1. The molecule has 1 rings (SSSR count). The average molecular weight is 223 g/mol. The molecule has 1 unspecified atom stereocenters. The van der Waals surface area contributed by atoms with Gasteiger partial charge in [-0.2, -0.15) is 0 Å². The molecule has 0 heterocycles. The highest BCUT2D eigenvalue weighted by Gasteiger charge is 2.25. The van der Waals surface area contributed by atoms with Gasteiger partial charge in [-0.3, -0.25) is 9.69 Å². The van der Waals surface area contributed by atoms with Crippen LogP contribution in [0.15, 0.2) is 24.3 Å². The van der Waals surface area contributed by atoms with Crippen LogP contribution in [0, 0.1) is 0 Å². The van der Waals surface area contributed by atoms with Crippen molar-refractivity contribution in [3.8, 4) is 5.75 Å². The number of carboxylic acids is 1. The third-order valence-corrected chi connectivity index (χ3v) is 2.60. The summed E-state index contributed by atoms with van der Waals surface area (Å²) in [5, 5.41) is 18.6. The lowest BCUT2D eigenvalue weighted by molar-refractivity contribution is -0.143. The molecule has 0 bridgehead atoms. The molecule has 4 nitrogen and oxygen atoms in total. The first kappa shape index (κ1) is 12.5. The van der Waals surface area contributed by atoms with Crippen molar-refractivity contribution in [3.63, 3.8) is 0 Å². The Bertz CT molecular complexity index is 361. The number of nitrogens with zero attached hydrogens (tertiary/aromatic N) is 1. The fourth-order valence-corrected chi connectivity index (χ4v) is 1.79. The van der Waals surface area contributed by atoms with Gasteiger partial charge >= 0.3 is 5.97 Å². The maximum atomic E-state index is 11.2. The summed E-state index contributed by atoms with van der Waals surface area (Å²) in [6, 6.07) is 5.71. The Kier molecular flexibility index (Phi) is 4.31. The van der Waals surface area contributed by atoms with Crippen molar-refractivity contribution >= 4 is 5.97 Å². The van der Waals surface area contributed by atoms with E-state index in [1.54, 1.807) is 12.1 Å². The van der Waals surface area contributed by atoms with Crippen LogP contribution in [-0.2, 0) is 4.79 Å². The fourth-order valence-electron chi connectivity index (χ4n) is 1.79. The number of benzene rings is 1. The van der Waals surface area contributed by atoms with Crippen LogP contribution in [0.2, 0.25) is 0 Å². The van der Waals surface area contributed by atoms with E-state index in [4.69, 9.17) is 0 Å². The van der Waals surface area contributed by atoms with Crippen LogP contribution in [0.25, 0.3) is 0 Å². The molecule has 0 aliphatic rings. The van der Waals surface area contributed by atoms with Crippen LogP contribution in [0.4, 0.5) is 0 Å². The first-order valence-corrected chi connectivity index (χ1v) is 5.35. The summed E-state index contributed by atoms with van der Waals surface area (Å²) in [5.74, 6) is -0.801. The van der Waals surface area contributed by atoms with E-state index in [-0.39, 0.29) is 5.75 Å². The summed E-state index contributed by atoms with van der Waals surface area (Å²) in [7, 11) is 0. The minimum atomic E-state index is -0.894. The van der Waals surface area contributed by atoms with Gasteiger partial charge in [0.2, 0.25) is 0 Å². The summed E-state index contributed by atoms with van der Waals surface area (Å²) < 4.78 is 0. The van der Waals surface area contributed by atoms with Gasteiger partial charge in [-0.25, -0.2) is 0 Å². The van der Waals surface area contributed by atoms with Gasteiger partial charge in [-0.15, -0.1) is 0 Å². The predicted octanol–water partition coefficient (Wildman–Crippen LogP) is 1.86. The standard InChI is InChI=1S/C12H17NO3/c1-3-13(4-2)11(12(15)16)9-6-5-7-10(14)8-9/h5-8,11,14H,3-4H2,1-2H3,(H,15,16). The number of phenolic OH excluding ortho intramolecular Hbond substituents is 1. The van der Waals surface area contributed by atoms with E-state index < -0.39 is 12.0 Å². The third-order valence-electron chi connectivity index (χ3n) is 2.60. The van der Waals surface area contributed by atoms with E-state index in [1.807, 2.05) is 18.7 Å². The molecule has 1 aromatic rings. The smallest absolute Gasteiger partial charge is 0.325 e. The summed E-state index contributed by atoms with van der Waals surface area (Å²) in [5.41, 5.74) is 0.608. The Labute approximate surface area is 95.1 Å². The second-order valence-electron chi connectivity index (χ2n) is 3.56. The van der Waals surface area contributed by atoms with Gasteiger partial charge in [0.1, 0.15) is 11.8 Å². The SMILES string of the molecule is CCN(CC)C(C(=O)O)c1cccc(O)c1. The molecule has 16 heavy (non-hydrogen) atoms. The lowest BCUT2D eigenvalue weighted by atomic mass is 10.1. The van der Waals surface area contributed by atoms with E-state index >= 15 is 0 Å². The minimum Gasteiger partial charge on any atom is -0.508 e. The van der Waals surface area contributed by atoms with Crippen molar-refractivity contribution in [1.82, 2.24) is 4.90 Å². The summed E-state index contributed by atoms with van der Waals surface area (Å²) in [6.07, 6.45) is 0. The van der Waals surface area contributed by atoms with Gasteiger partial charge in [-0.05, 0) is 30.8 Å². The van der Waals surface area contributed by atoms with Crippen molar-refractivity contribution in [1.29, 1.82) is 0 Å². The number of phenols is 1. The zero-order chi connectivity index (χ0) is 12.1. The van der Waals surface area contributed by atoms with Gasteiger partial charge < -0.3 is 10.2 Å². The Morgan fingerprint density at radius 3 is 2.44 bits per heavy atom. The van der Waals surface area contributed by atoms with Crippen LogP contribution in [0.3, 0.4) is 0 Å². The second kappa shape index (κ2) is 5.51. The van der Waals surface area contributed by atoms with Gasteiger partial charge in [0.15, 0.2) is 0 Å². The van der Waals surface area contributed by atoms with Gasteiger partial charge in [0.25, 0.3) is 0 Å². The molecule has 0 radical (unpaired) electrons. The zero-order valence-electron chi connectivity index (χ0n) is 9.55. The maximum absolute atomic E-state index is 11.2. The van der Waals surface area contributed by atoms with E-state index in [2.05, 4.69) is 0 Å². The molecule has 4 heteroatoms. The zero-order valence-corrected chi connectivity index (χ0v) is 9.55. The third kappa shape index (κ3) is 2.73. The van der Waals surface area contributed by atoms with E-state index in [0.29, 0.717) is 18.7 Å². The molecule has 0 aromatic heterocycles. The molecule has 0 fully saturated rings. The fraction of sp³-hybridized carbons (Fsp3) is 0.417. The largest absolute Gasteiger partial charge is 0.508 e. The summed E-state index contributed by atoms with van der Waals surface area (Å²) in [4.78, 5) is 13.1. The highest BCUT2D eigenvalue weighted by atomic mass is 16.4. The predicted molar refractivity (Wildman–Crippen MR) is 61.4 cm³/mol. The summed E-state index contributed by atoms with van der Waals surface area (Å²) >= 11 is 0. The van der Waals surface area contributed by atoms with Crippen molar-refractivity contribution in [2.45, 2.75) is 19.9 Å². The number of carboxylic acid groups (broad SMARTS) is 1. The van der Waals surface area contributed by atoms with Crippen molar-refractivity contribution in [3.05, 3.63) is 29.8 Å². The number of aromatic hydroxyl groups is 1. The highest BCUT2D eigenvalue weighted by Crippen LogP contribution is 2.23. The Morgan fingerprint density at radius 2 is 2.00 bits per heavy atom. The van der Waals surface area contributed by atoms with Crippen LogP contribution < -0.4 is 0 Å². The van der Waals surface area contributed by atoms with Gasteiger partial charge in [0, 0.05) is 0 Å². The number of carbonyl (C=O) groups is 1. The molecule has 1 aromatic carbocycles. The van der Waals surface area contributed by atoms with Gasteiger partial charge in [-0.1, -0.05) is 26.0 Å². The molecule has 0 saturated heterocycles. The van der Waals surface area contributed by atoms with E-state index in [1.165, 1.54) is 12.1 Å². The molecule has 0 spiro atoms. The second-order valence-corrected chi connectivity index (χ2v) is 3.56. The molecule has 2 N–H and O–H groups in total. The lowest BCUT2D eigenvalue weighted by Crippen LogP contribution is -2.33. The Morgan fingerprint density at radius 1 is 1.38 bits per heavy atom. The first-order valence-electron chi connectivity index (χ1n) is 5.35. The molecule has 0 aliphatic heterocycles. The van der Waals surface area contributed by atoms with Crippen molar-refractivity contribution in [2.75, 3.05) is 13.1 Å². The Balaban J connectivity index is 3.06. The topological polar surface area (TPSA) is 60.8 Å². The summed E-state index contributed by atoms with van der Waals surface area (Å²) in [6.45, 7) is 5.15. The minimum absolute atomic E-state index is 0.0934. The quantitative estimate of drug-likeness (QED) is 0.799. The normalized spacial score (nSPS) is 12.7. The number of hydrogen-bond acceptors (Lipinski definition) is 3. The van der Waals surface area contributed by atoms with Crippen molar-refractivity contribution in [2.24, 2.45) is 0 Å². The van der Waals surface area contributed by atoms with Crippen LogP contribution in [0.1, 0.15) is 25.5 Å². The molecule has 0 amide bonds. The van der Waals surface area contributed by atoms with E-state index in [0.717, 1.165) is 0 Å². The molecule has 88 valence electrons. The monoisotopic (exact) mass is 223 g/mol. The molecule has 0 aliphatic carbocycles. The number of likely N-dealkylation sites (N-methyl/N-ethyl adjacent to an activating group) is 1. The molecule has 1 atom stereocenters. The van der Waals surface area contributed by atoms with Gasteiger partial charge in [0.05, 0.1) is 0 Å². The Hall–Kier alpha value is -1.55. The average Bonchev–Trinajstić information content (AvgIpc) is 2.24. The van der Waals surface area contributed by atoms with E-state index in [9.17, 15) is 15.0 Å². The van der Waals surface area contributed by atoms with Crippen molar-refractivity contribution < 1.29 is 15.0 Å². The number of rotatable bonds is 5. The van der Waals surface area contributed by atoms with Crippen LogP contribution in [0.5, 0.6) is 5.75 Å². The molecular formula is C12H17NO3. The van der Waals surface area contributed by atoms with Crippen LogP contribution in [-0.4, -0.2) is 34.2 Å². The number of hydrogen-bond donors (Lipinski definition) is 2. The van der Waals surface area contributed by atoms with Crippen LogP contribution >= 0.6 is 0 Å².